The maximum atomic E-state index is 4.47. The van der Waals surface area contributed by atoms with Crippen LogP contribution in [0.3, 0.4) is 0 Å². The second-order valence-electron chi connectivity index (χ2n) is 4.75. The van der Waals surface area contributed by atoms with Gasteiger partial charge >= 0.3 is 0 Å². The van der Waals surface area contributed by atoms with E-state index in [0.29, 0.717) is 0 Å². The molecule has 0 saturated heterocycles. The van der Waals surface area contributed by atoms with E-state index >= 15 is 0 Å². The van der Waals surface area contributed by atoms with Gasteiger partial charge in [0.1, 0.15) is 12.1 Å². The van der Waals surface area contributed by atoms with Crippen LogP contribution in [0.4, 0.5) is 5.82 Å². The first-order valence-corrected chi connectivity index (χ1v) is 6.70. The molecule has 0 spiro atoms. The highest BCUT2D eigenvalue weighted by atomic mass is 15.2. The third-order valence-electron chi connectivity index (χ3n) is 3.33. The van der Waals surface area contributed by atoms with Crippen molar-refractivity contribution in [1.82, 2.24) is 19.7 Å². The standard InChI is InChI=1S/C15H17N5/c1-3-20(10-12-8-18-19(2)9-12)15-13-6-4-5-7-14(13)16-11-17-15/h4-9,11H,3,10H2,1-2H3. The molecule has 2 aromatic heterocycles. The van der Waals surface area contributed by atoms with Crippen molar-refractivity contribution in [1.29, 1.82) is 0 Å². The average molecular weight is 267 g/mol. The van der Waals surface area contributed by atoms with Crippen molar-refractivity contribution in [2.75, 3.05) is 11.4 Å². The Kier molecular flexibility index (Phi) is 3.33. The average Bonchev–Trinajstić information content (AvgIpc) is 2.89. The minimum absolute atomic E-state index is 0.797. The van der Waals surface area contributed by atoms with Gasteiger partial charge in [-0.1, -0.05) is 12.1 Å². The van der Waals surface area contributed by atoms with Crippen molar-refractivity contribution >= 4 is 16.7 Å². The monoisotopic (exact) mass is 267 g/mol. The van der Waals surface area contributed by atoms with Gasteiger partial charge in [-0.25, -0.2) is 9.97 Å². The van der Waals surface area contributed by atoms with Gasteiger partial charge in [0.15, 0.2) is 0 Å². The first kappa shape index (κ1) is 12.6. The topological polar surface area (TPSA) is 46.8 Å². The maximum absolute atomic E-state index is 4.47. The molecule has 0 radical (unpaired) electrons. The summed E-state index contributed by atoms with van der Waals surface area (Å²) < 4.78 is 1.82. The van der Waals surface area contributed by atoms with Crippen LogP contribution in [0.2, 0.25) is 0 Å². The minimum atomic E-state index is 0.797. The van der Waals surface area contributed by atoms with Crippen molar-refractivity contribution in [3.05, 3.63) is 48.5 Å². The summed E-state index contributed by atoms with van der Waals surface area (Å²) in [6.07, 6.45) is 5.56. The van der Waals surface area contributed by atoms with Crippen molar-refractivity contribution in [3.8, 4) is 0 Å². The SMILES string of the molecule is CCN(Cc1cnn(C)c1)c1ncnc2ccccc12. The first-order chi connectivity index (χ1) is 9.78. The number of hydrogen-bond acceptors (Lipinski definition) is 4. The molecule has 0 aliphatic carbocycles. The van der Waals surface area contributed by atoms with Crippen LogP contribution in [0, 0.1) is 0 Å². The number of fused-ring (bicyclic) bond motifs is 1. The molecule has 0 atom stereocenters. The molecule has 5 nitrogen and oxygen atoms in total. The fraction of sp³-hybridized carbons (Fsp3) is 0.267. The molecule has 0 aliphatic rings. The predicted octanol–water partition coefficient (Wildman–Crippen LogP) is 2.39. The minimum Gasteiger partial charge on any atom is -0.352 e. The molecule has 3 rings (SSSR count). The number of nitrogens with zero attached hydrogens (tertiary/aromatic N) is 5. The summed E-state index contributed by atoms with van der Waals surface area (Å²) in [6, 6.07) is 8.10. The molecule has 0 unspecified atom stereocenters. The van der Waals surface area contributed by atoms with Crippen molar-refractivity contribution in [3.63, 3.8) is 0 Å². The number of para-hydroxylation sites is 1. The van der Waals surface area contributed by atoms with Crippen LogP contribution >= 0.6 is 0 Å². The Balaban J connectivity index is 1.98. The molecule has 0 amide bonds. The Hall–Kier alpha value is -2.43. The van der Waals surface area contributed by atoms with E-state index in [4.69, 9.17) is 0 Å². The lowest BCUT2D eigenvalue weighted by Crippen LogP contribution is -2.23. The van der Waals surface area contributed by atoms with Crippen LogP contribution in [-0.2, 0) is 13.6 Å². The smallest absolute Gasteiger partial charge is 0.140 e. The molecule has 2 heterocycles. The third-order valence-corrected chi connectivity index (χ3v) is 3.33. The highest BCUT2D eigenvalue weighted by Crippen LogP contribution is 2.23. The molecule has 0 aliphatic heterocycles. The Morgan fingerprint density at radius 3 is 2.80 bits per heavy atom. The lowest BCUT2D eigenvalue weighted by molar-refractivity contribution is 0.764. The second-order valence-corrected chi connectivity index (χ2v) is 4.75. The fourth-order valence-corrected chi connectivity index (χ4v) is 2.35. The van der Waals surface area contributed by atoms with Gasteiger partial charge < -0.3 is 4.90 Å². The summed E-state index contributed by atoms with van der Waals surface area (Å²) >= 11 is 0. The van der Waals surface area contributed by atoms with Crippen LogP contribution in [0.1, 0.15) is 12.5 Å². The quantitative estimate of drug-likeness (QED) is 0.728. The maximum Gasteiger partial charge on any atom is 0.140 e. The largest absolute Gasteiger partial charge is 0.352 e. The van der Waals surface area contributed by atoms with Crippen LogP contribution in [-0.4, -0.2) is 26.3 Å². The Morgan fingerprint density at radius 2 is 2.05 bits per heavy atom. The van der Waals surface area contributed by atoms with Crippen molar-refractivity contribution in [2.45, 2.75) is 13.5 Å². The summed E-state index contributed by atoms with van der Waals surface area (Å²) in [4.78, 5) is 11.0. The van der Waals surface area contributed by atoms with E-state index in [2.05, 4.69) is 33.0 Å². The van der Waals surface area contributed by atoms with E-state index in [9.17, 15) is 0 Å². The van der Waals surface area contributed by atoms with E-state index in [1.807, 2.05) is 42.3 Å². The highest BCUT2D eigenvalue weighted by Gasteiger charge is 2.11. The van der Waals surface area contributed by atoms with Gasteiger partial charge in [0.05, 0.1) is 11.7 Å². The summed E-state index contributed by atoms with van der Waals surface area (Å²) in [5, 5.41) is 5.30. The van der Waals surface area contributed by atoms with Crippen LogP contribution in [0.25, 0.3) is 10.9 Å². The lowest BCUT2D eigenvalue weighted by Gasteiger charge is -2.22. The predicted molar refractivity (Wildman–Crippen MR) is 79.5 cm³/mol. The van der Waals surface area contributed by atoms with Crippen molar-refractivity contribution < 1.29 is 0 Å². The van der Waals surface area contributed by atoms with Gasteiger partial charge in [-0.05, 0) is 19.1 Å². The number of hydrogen-bond donors (Lipinski definition) is 0. The Labute approximate surface area is 117 Å². The Morgan fingerprint density at radius 1 is 1.20 bits per heavy atom. The molecule has 3 aromatic rings. The molecule has 0 N–H and O–H groups in total. The second kappa shape index (κ2) is 5.28. The molecule has 102 valence electrons. The summed E-state index contributed by atoms with van der Waals surface area (Å²) in [6.45, 7) is 3.81. The number of rotatable bonds is 4. The molecule has 0 saturated carbocycles. The molecule has 0 fully saturated rings. The zero-order valence-electron chi connectivity index (χ0n) is 11.7. The first-order valence-electron chi connectivity index (χ1n) is 6.70. The van der Waals surface area contributed by atoms with Gasteiger partial charge in [-0.2, -0.15) is 5.10 Å². The fourth-order valence-electron chi connectivity index (χ4n) is 2.35. The molecule has 20 heavy (non-hydrogen) atoms. The van der Waals surface area contributed by atoms with Gasteiger partial charge in [-0.15, -0.1) is 0 Å². The molecular formula is C15H17N5. The van der Waals surface area contributed by atoms with Gasteiger partial charge in [-0.3, -0.25) is 4.68 Å². The molecular weight excluding hydrogens is 250 g/mol. The van der Waals surface area contributed by atoms with Gasteiger partial charge in [0.2, 0.25) is 0 Å². The number of benzene rings is 1. The summed E-state index contributed by atoms with van der Waals surface area (Å²) in [5.74, 6) is 0.974. The normalized spacial score (nSPS) is 10.9. The lowest BCUT2D eigenvalue weighted by atomic mass is 10.2. The summed E-state index contributed by atoms with van der Waals surface area (Å²) in [5.41, 5.74) is 2.15. The zero-order chi connectivity index (χ0) is 13.9. The number of aryl methyl sites for hydroxylation is 1. The Bertz CT molecular complexity index is 714. The molecule has 1 aromatic carbocycles. The number of anilines is 1. The van der Waals surface area contributed by atoms with Crippen LogP contribution in [0.15, 0.2) is 43.0 Å². The van der Waals surface area contributed by atoms with Crippen LogP contribution < -0.4 is 4.90 Å². The van der Waals surface area contributed by atoms with E-state index < -0.39 is 0 Å². The molecule has 5 heteroatoms. The van der Waals surface area contributed by atoms with Crippen molar-refractivity contribution in [2.24, 2.45) is 7.05 Å². The third kappa shape index (κ3) is 2.34. The van der Waals surface area contributed by atoms with E-state index in [1.54, 1.807) is 6.33 Å². The van der Waals surface area contributed by atoms with Gasteiger partial charge in [0, 0.05) is 37.3 Å². The van der Waals surface area contributed by atoms with E-state index in [1.165, 1.54) is 5.56 Å². The van der Waals surface area contributed by atoms with E-state index in [0.717, 1.165) is 29.8 Å². The van der Waals surface area contributed by atoms with E-state index in [-0.39, 0.29) is 0 Å². The van der Waals surface area contributed by atoms with Crippen LogP contribution in [0.5, 0.6) is 0 Å². The number of aromatic nitrogens is 4. The summed E-state index contributed by atoms with van der Waals surface area (Å²) in [7, 11) is 1.93. The zero-order valence-corrected chi connectivity index (χ0v) is 11.7. The molecule has 0 bridgehead atoms. The van der Waals surface area contributed by atoms with Gasteiger partial charge in [0.25, 0.3) is 0 Å². The highest BCUT2D eigenvalue weighted by molar-refractivity contribution is 5.89.